The summed E-state index contributed by atoms with van der Waals surface area (Å²) in [5.74, 6) is -2.30. The number of aliphatic carboxylic acids is 1. The fraction of sp³-hybridized carbons (Fsp3) is 0.872. The normalized spacial score (nSPS) is 13.1. The van der Waals surface area contributed by atoms with Crippen LogP contribution in [0.15, 0.2) is 12.2 Å². The van der Waals surface area contributed by atoms with Crippen LogP contribution in [0.4, 0.5) is 0 Å². The third kappa shape index (κ3) is 32.6. The lowest BCUT2D eigenvalue weighted by Crippen LogP contribution is -2.44. The van der Waals surface area contributed by atoms with Crippen molar-refractivity contribution in [2.75, 3.05) is 47.5 Å². The van der Waals surface area contributed by atoms with E-state index in [0.29, 0.717) is 17.4 Å². The summed E-state index contributed by atoms with van der Waals surface area (Å²) >= 11 is 0. The van der Waals surface area contributed by atoms with Gasteiger partial charge in [0.15, 0.2) is 12.4 Å². The topological polar surface area (TPSA) is 111 Å². The van der Waals surface area contributed by atoms with Crippen LogP contribution in [0.2, 0.25) is 0 Å². The van der Waals surface area contributed by atoms with Gasteiger partial charge in [0.1, 0.15) is 13.2 Å². The lowest BCUT2D eigenvalue weighted by molar-refractivity contribution is -0.870. The van der Waals surface area contributed by atoms with Crippen molar-refractivity contribution in [1.82, 2.24) is 0 Å². The Morgan fingerprint density at radius 3 is 1.54 bits per heavy atom. The van der Waals surface area contributed by atoms with Crippen LogP contribution in [-0.4, -0.2) is 82.3 Å². The molecule has 0 amide bonds. The highest BCUT2D eigenvalue weighted by Gasteiger charge is 2.21. The summed E-state index contributed by atoms with van der Waals surface area (Å²) in [5, 5.41) is 11.6. The standard InChI is InChI=1S/C39H73NO8/c1-6-8-10-12-13-14-15-16-17-18-19-20-21-22-23-24-26-28-30-37(42)48-35(33-46-36(41)29-27-25-11-9-7-2)34-47-39(38(43)44)45-32-31-40(3,4)5/h17-18,35,39H,6-16,19-34H2,1-5H3/b18-17-. The molecule has 282 valence electrons. The van der Waals surface area contributed by atoms with Crippen molar-refractivity contribution in [3.05, 3.63) is 12.2 Å². The molecule has 0 bridgehead atoms. The van der Waals surface area contributed by atoms with Gasteiger partial charge in [0.25, 0.3) is 0 Å². The summed E-state index contributed by atoms with van der Waals surface area (Å²) in [6.45, 7) is 4.63. The first kappa shape index (κ1) is 46.0. The van der Waals surface area contributed by atoms with E-state index in [1.54, 1.807) is 0 Å². The van der Waals surface area contributed by atoms with Crippen molar-refractivity contribution >= 4 is 17.9 Å². The number of esters is 2. The molecule has 0 aromatic heterocycles. The van der Waals surface area contributed by atoms with Crippen LogP contribution < -0.4 is 5.11 Å². The van der Waals surface area contributed by atoms with E-state index < -0.39 is 24.3 Å². The zero-order valence-corrected chi connectivity index (χ0v) is 31.6. The Kier molecular flexibility index (Phi) is 30.9. The molecule has 48 heavy (non-hydrogen) atoms. The fourth-order valence-corrected chi connectivity index (χ4v) is 5.17. The molecule has 0 spiro atoms. The average Bonchev–Trinajstić information content (AvgIpc) is 3.03. The van der Waals surface area contributed by atoms with Gasteiger partial charge in [-0.05, 0) is 38.5 Å². The number of carboxylic acids is 1. The minimum atomic E-state index is -1.61. The summed E-state index contributed by atoms with van der Waals surface area (Å²) in [6, 6.07) is 0. The quantitative estimate of drug-likeness (QED) is 0.0219. The van der Waals surface area contributed by atoms with Gasteiger partial charge in [-0.15, -0.1) is 0 Å². The van der Waals surface area contributed by atoms with Gasteiger partial charge in [0.2, 0.25) is 0 Å². The predicted octanol–water partition coefficient (Wildman–Crippen LogP) is 7.83. The maximum Gasteiger partial charge on any atom is 0.306 e. The number of carboxylic acid groups (broad SMARTS) is 1. The predicted molar refractivity (Wildman–Crippen MR) is 191 cm³/mol. The van der Waals surface area contributed by atoms with Gasteiger partial charge < -0.3 is 33.3 Å². The van der Waals surface area contributed by atoms with Gasteiger partial charge in [-0.3, -0.25) is 9.59 Å². The lowest BCUT2D eigenvalue weighted by atomic mass is 10.1. The molecule has 0 aromatic carbocycles. The molecule has 0 saturated heterocycles. The Balaban J connectivity index is 4.34. The monoisotopic (exact) mass is 684 g/mol. The molecule has 0 radical (unpaired) electrons. The number of allylic oxidation sites excluding steroid dienone is 2. The SMILES string of the molecule is CCCCCCCCC/C=C\CCCCCCCCCC(=O)OC(COC(=O)CCCCCCC)COC(OCC[N+](C)(C)C)C(=O)[O-]. The second kappa shape index (κ2) is 32.2. The highest BCUT2D eigenvalue weighted by molar-refractivity contribution is 5.70. The largest absolute Gasteiger partial charge is 0.545 e. The van der Waals surface area contributed by atoms with Crippen LogP contribution in [0.3, 0.4) is 0 Å². The van der Waals surface area contributed by atoms with E-state index in [4.69, 9.17) is 18.9 Å². The minimum absolute atomic E-state index is 0.149. The van der Waals surface area contributed by atoms with Gasteiger partial charge in [0.05, 0.1) is 40.3 Å². The van der Waals surface area contributed by atoms with Crippen molar-refractivity contribution in [3.8, 4) is 0 Å². The van der Waals surface area contributed by atoms with Gasteiger partial charge in [-0.25, -0.2) is 0 Å². The number of unbranched alkanes of at least 4 members (excludes halogenated alkanes) is 18. The Labute approximate surface area is 294 Å². The van der Waals surface area contributed by atoms with Crippen LogP contribution in [0.25, 0.3) is 0 Å². The zero-order chi connectivity index (χ0) is 35.7. The summed E-state index contributed by atoms with van der Waals surface area (Å²) in [6.07, 6.45) is 27.1. The molecule has 2 atom stereocenters. The second-order valence-corrected chi connectivity index (χ2v) is 14.2. The first-order chi connectivity index (χ1) is 23.1. The van der Waals surface area contributed by atoms with Crippen LogP contribution in [0.1, 0.15) is 162 Å². The zero-order valence-electron chi connectivity index (χ0n) is 31.6. The molecule has 2 unspecified atom stereocenters. The van der Waals surface area contributed by atoms with Crippen LogP contribution in [0, 0.1) is 0 Å². The van der Waals surface area contributed by atoms with Gasteiger partial charge in [-0.2, -0.15) is 0 Å². The Morgan fingerprint density at radius 1 is 0.604 bits per heavy atom. The number of rotatable bonds is 35. The van der Waals surface area contributed by atoms with Crippen molar-refractivity contribution < 1.29 is 42.9 Å². The lowest BCUT2D eigenvalue weighted by Gasteiger charge is -2.26. The van der Waals surface area contributed by atoms with Gasteiger partial charge >= 0.3 is 11.9 Å². The van der Waals surface area contributed by atoms with E-state index in [1.807, 2.05) is 21.1 Å². The molecule has 0 heterocycles. The Morgan fingerprint density at radius 2 is 1.06 bits per heavy atom. The third-order valence-corrected chi connectivity index (χ3v) is 8.26. The maximum atomic E-state index is 12.6. The molecule has 0 aliphatic rings. The number of ether oxygens (including phenoxy) is 4. The number of hydrogen-bond acceptors (Lipinski definition) is 8. The Bertz CT molecular complexity index is 810. The molecule has 0 saturated carbocycles. The Hall–Kier alpha value is -1.97. The number of likely N-dealkylation sites (N-methyl/N-ethyl adjacent to an activating group) is 1. The van der Waals surface area contributed by atoms with E-state index >= 15 is 0 Å². The first-order valence-corrected chi connectivity index (χ1v) is 19.3. The molecule has 9 nitrogen and oxygen atoms in total. The molecular formula is C39H73NO8. The summed E-state index contributed by atoms with van der Waals surface area (Å²) in [5.41, 5.74) is 0. The van der Waals surface area contributed by atoms with E-state index in [2.05, 4.69) is 26.0 Å². The molecular weight excluding hydrogens is 610 g/mol. The van der Waals surface area contributed by atoms with Crippen molar-refractivity contribution in [3.63, 3.8) is 0 Å². The summed E-state index contributed by atoms with van der Waals surface area (Å²) < 4.78 is 22.3. The fourth-order valence-electron chi connectivity index (χ4n) is 5.17. The van der Waals surface area contributed by atoms with Crippen LogP contribution in [-0.2, 0) is 33.3 Å². The second-order valence-electron chi connectivity index (χ2n) is 14.2. The molecule has 0 aliphatic carbocycles. The average molecular weight is 684 g/mol. The van der Waals surface area contributed by atoms with Crippen molar-refractivity contribution in [2.24, 2.45) is 0 Å². The highest BCUT2D eigenvalue weighted by Crippen LogP contribution is 2.13. The maximum absolute atomic E-state index is 12.6. The van der Waals surface area contributed by atoms with E-state index in [1.165, 1.54) is 70.6 Å². The van der Waals surface area contributed by atoms with Crippen molar-refractivity contribution in [2.45, 2.75) is 174 Å². The molecule has 0 fully saturated rings. The summed E-state index contributed by atoms with van der Waals surface area (Å²) in [7, 11) is 5.89. The number of carbonyl (C=O) groups excluding carboxylic acids is 3. The highest BCUT2D eigenvalue weighted by atomic mass is 16.7. The number of nitrogens with zero attached hydrogens (tertiary/aromatic N) is 1. The van der Waals surface area contributed by atoms with E-state index in [0.717, 1.165) is 57.8 Å². The summed E-state index contributed by atoms with van der Waals surface area (Å²) in [4.78, 5) is 36.5. The van der Waals surface area contributed by atoms with Gasteiger partial charge in [0, 0.05) is 12.8 Å². The minimum Gasteiger partial charge on any atom is -0.545 e. The van der Waals surface area contributed by atoms with E-state index in [9.17, 15) is 19.5 Å². The number of carbonyl (C=O) groups is 3. The number of quaternary nitrogens is 1. The smallest absolute Gasteiger partial charge is 0.306 e. The molecule has 0 aromatic rings. The molecule has 0 N–H and O–H groups in total. The van der Waals surface area contributed by atoms with E-state index in [-0.39, 0.29) is 38.6 Å². The molecule has 0 rings (SSSR count). The molecule has 9 heteroatoms. The number of hydrogen-bond donors (Lipinski definition) is 0. The van der Waals surface area contributed by atoms with Crippen LogP contribution >= 0.6 is 0 Å². The van der Waals surface area contributed by atoms with Crippen LogP contribution in [0.5, 0.6) is 0 Å². The van der Waals surface area contributed by atoms with Crippen molar-refractivity contribution in [1.29, 1.82) is 0 Å². The first-order valence-electron chi connectivity index (χ1n) is 19.3. The van der Waals surface area contributed by atoms with Gasteiger partial charge in [-0.1, -0.05) is 122 Å². The third-order valence-electron chi connectivity index (χ3n) is 8.26. The molecule has 0 aliphatic heterocycles.